The number of carbonyl (C=O) groups excluding carboxylic acids is 1. The van der Waals surface area contributed by atoms with Gasteiger partial charge in [0.1, 0.15) is 11.5 Å². The van der Waals surface area contributed by atoms with Crippen molar-refractivity contribution in [3.63, 3.8) is 0 Å². The highest BCUT2D eigenvalue weighted by Gasteiger charge is 2.28. The zero-order chi connectivity index (χ0) is 22.8. The maximum atomic E-state index is 12.0. The van der Waals surface area contributed by atoms with Gasteiger partial charge in [0, 0.05) is 35.8 Å². The molecule has 0 radical (unpaired) electrons. The fourth-order valence-corrected chi connectivity index (χ4v) is 4.37. The molecule has 0 spiro atoms. The molecule has 32 heavy (non-hydrogen) atoms. The van der Waals surface area contributed by atoms with Gasteiger partial charge in [0.25, 0.3) is 0 Å². The van der Waals surface area contributed by atoms with Crippen LogP contribution in [0.3, 0.4) is 0 Å². The van der Waals surface area contributed by atoms with E-state index in [1.807, 2.05) is 19.1 Å². The molecule has 8 nitrogen and oxygen atoms in total. The van der Waals surface area contributed by atoms with Gasteiger partial charge >= 0.3 is 5.97 Å². The van der Waals surface area contributed by atoms with E-state index in [2.05, 4.69) is 20.2 Å². The number of aromatic nitrogens is 2. The Labute approximate surface area is 191 Å². The second-order valence-electron chi connectivity index (χ2n) is 8.20. The third kappa shape index (κ3) is 4.76. The van der Waals surface area contributed by atoms with Crippen molar-refractivity contribution < 1.29 is 19.1 Å². The molecular weight excluding hydrogens is 432 g/mol. The summed E-state index contributed by atoms with van der Waals surface area (Å²) in [6, 6.07) is 1.61. The smallest absolute Gasteiger partial charge is 0.374 e. The van der Waals surface area contributed by atoms with Gasteiger partial charge in [-0.25, -0.2) is 14.8 Å². The number of oxazole rings is 1. The van der Waals surface area contributed by atoms with Crippen LogP contribution in [-0.4, -0.2) is 51.5 Å². The number of hydrogen-bond acceptors (Lipinski definition) is 6. The van der Waals surface area contributed by atoms with Crippen LogP contribution in [0.4, 0.5) is 5.82 Å². The fraction of sp³-hybridized carbons (Fsp3) is 0.391. The Balaban J connectivity index is 1.72. The summed E-state index contributed by atoms with van der Waals surface area (Å²) in [6.45, 7) is 6.27. The molecule has 0 aromatic carbocycles. The average molecular weight is 457 g/mol. The number of nitrogens with one attached hydrogen (secondary N) is 1. The quantitative estimate of drug-likeness (QED) is 0.666. The minimum atomic E-state index is -1.22. The van der Waals surface area contributed by atoms with E-state index in [1.165, 1.54) is 19.8 Å². The Morgan fingerprint density at radius 3 is 2.78 bits per heavy atom. The van der Waals surface area contributed by atoms with E-state index in [1.54, 1.807) is 12.3 Å². The highest BCUT2D eigenvalue weighted by Crippen LogP contribution is 2.37. The van der Waals surface area contributed by atoms with Crippen LogP contribution in [0.25, 0.3) is 17.0 Å². The molecule has 1 aliphatic heterocycles. The predicted octanol–water partition coefficient (Wildman–Crippen LogP) is 4.32. The number of carboxylic acid groups (broad SMARTS) is 1. The molecule has 1 unspecified atom stereocenters. The third-order valence-electron chi connectivity index (χ3n) is 5.67. The highest BCUT2D eigenvalue weighted by molar-refractivity contribution is 6.37. The molecule has 0 saturated carbocycles. The summed E-state index contributed by atoms with van der Waals surface area (Å²) in [4.78, 5) is 34.5. The molecule has 1 atom stereocenters. The average Bonchev–Trinajstić information content (AvgIpc) is 3.40. The van der Waals surface area contributed by atoms with Gasteiger partial charge in [0.2, 0.25) is 17.6 Å². The van der Waals surface area contributed by atoms with Gasteiger partial charge in [-0.1, -0.05) is 23.8 Å². The number of rotatable bonds is 6. The van der Waals surface area contributed by atoms with Gasteiger partial charge in [0.05, 0.1) is 0 Å². The molecule has 1 aliphatic carbocycles. The first-order chi connectivity index (χ1) is 15.3. The van der Waals surface area contributed by atoms with E-state index >= 15 is 0 Å². The number of nitrogens with zero attached hydrogens (tertiary/aromatic N) is 3. The van der Waals surface area contributed by atoms with E-state index in [0.717, 1.165) is 31.6 Å². The topological polar surface area (TPSA) is 109 Å². The van der Waals surface area contributed by atoms with Crippen molar-refractivity contribution in [3.8, 4) is 11.5 Å². The molecule has 1 amide bonds. The SMILES string of the molecule is CC(=O)Nc1cc(-c2nc(C3=CC(CN4CCCC4)CC=C3Cl)c(C(=O)O)o2)c(C)cn1. The number of halogens is 1. The largest absolute Gasteiger partial charge is 0.475 e. The minimum Gasteiger partial charge on any atom is -0.475 e. The summed E-state index contributed by atoms with van der Waals surface area (Å²) in [6.07, 6.45) is 8.73. The number of allylic oxidation sites excluding steroid dienone is 3. The maximum absolute atomic E-state index is 12.0. The van der Waals surface area contributed by atoms with Crippen LogP contribution in [0.5, 0.6) is 0 Å². The standard InChI is InChI=1S/C23H25ClN4O4/c1-13-11-25-19(26-14(2)29)10-16(13)22-27-20(21(32-22)23(30)31)17-9-15(5-6-18(17)24)12-28-7-3-4-8-28/h6,9-11,15H,3-5,7-8,12H2,1-2H3,(H,30,31)(H,25,26,29). The molecular formula is C23H25ClN4O4. The van der Waals surface area contributed by atoms with Crippen molar-refractivity contribution in [2.75, 3.05) is 25.0 Å². The number of anilines is 1. The first-order valence-corrected chi connectivity index (χ1v) is 11.0. The van der Waals surface area contributed by atoms with Crippen LogP contribution in [0.2, 0.25) is 0 Å². The highest BCUT2D eigenvalue weighted by atomic mass is 35.5. The van der Waals surface area contributed by atoms with Gasteiger partial charge in [-0.3, -0.25) is 4.79 Å². The Kier molecular flexibility index (Phi) is 6.43. The molecule has 3 heterocycles. The van der Waals surface area contributed by atoms with E-state index < -0.39 is 5.97 Å². The fourth-order valence-electron chi connectivity index (χ4n) is 4.13. The number of aromatic carboxylic acids is 1. The van der Waals surface area contributed by atoms with E-state index in [4.69, 9.17) is 16.0 Å². The van der Waals surface area contributed by atoms with Crippen LogP contribution < -0.4 is 5.32 Å². The summed E-state index contributed by atoms with van der Waals surface area (Å²) in [5.74, 6) is -1.07. The molecule has 1 saturated heterocycles. The molecule has 4 rings (SSSR count). The van der Waals surface area contributed by atoms with Crippen molar-refractivity contribution in [1.29, 1.82) is 0 Å². The Bertz CT molecular complexity index is 1120. The molecule has 2 aromatic rings. The lowest BCUT2D eigenvalue weighted by Gasteiger charge is -2.23. The lowest BCUT2D eigenvalue weighted by molar-refractivity contribution is -0.114. The van der Waals surface area contributed by atoms with Crippen LogP contribution in [0.1, 0.15) is 48.0 Å². The van der Waals surface area contributed by atoms with Crippen LogP contribution >= 0.6 is 11.6 Å². The molecule has 2 N–H and O–H groups in total. The molecule has 0 bridgehead atoms. The Morgan fingerprint density at radius 2 is 2.09 bits per heavy atom. The monoisotopic (exact) mass is 456 g/mol. The first kappa shape index (κ1) is 22.2. The summed E-state index contributed by atoms with van der Waals surface area (Å²) in [7, 11) is 0. The number of likely N-dealkylation sites (tertiary alicyclic amines) is 1. The Hall–Kier alpha value is -2.97. The lowest BCUT2D eigenvalue weighted by Crippen LogP contribution is -2.26. The molecule has 2 aliphatic rings. The van der Waals surface area contributed by atoms with Crippen LogP contribution in [0, 0.1) is 12.8 Å². The van der Waals surface area contributed by atoms with Crippen molar-refractivity contribution in [2.24, 2.45) is 5.92 Å². The second kappa shape index (κ2) is 9.26. The summed E-state index contributed by atoms with van der Waals surface area (Å²) in [5, 5.41) is 12.9. The minimum absolute atomic E-state index is 0.135. The normalized spacial score (nSPS) is 18.9. The second-order valence-corrected chi connectivity index (χ2v) is 8.61. The third-order valence-corrected chi connectivity index (χ3v) is 6.02. The summed E-state index contributed by atoms with van der Waals surface area (Å²) < 4.78 is 5.69. The van der Waals surface area contributed by atoms with Crippen molar-refractivity contribution in [2.45, 2.75) is 33.1 Å². The number of carboxylic acids is 1. The van der Waals surface area contributed by atoms with E-state index in [9.17, 15) is 14.7 Å². The molecule has 168 valence electrons. The Morgan fingerprint density at radius 1 is 1.34 bits per heavy atom. The van der Waals surface area contributed by atoms with Crippen molar-refractivity contribution in [3.05, 3.63) is 46.5 Å². The van der Waals surface area contributed by atoms with E-state index in [-0.39, 0.29) is 29.2 Å². The van der Waals surface area contributed by atoms with Gasteiger partial charge in [-0.2, -0.15) is 0 Å². The van der Waals surface area contributed by atoms with Crippen molar-refractivity contribution >= 4 is 34.9 Å². The van der Waals surface area contributed by atoms with Gasteiger partial charge in [-0.05, 0) is 56.8 Å². The summed E-state index contributed by atoms with van der Waals surface area (Å²) >= 11 is 6.49. The summed E-state index contributed by atoms with van der Waals surface area (Å²) in [5.41, 5.74) is 2.05. The number of aryl methyl sites for hydroxylation is 1. The zero-order valence-electron chi connectivity index (χ0n) is 18.0. The number of carbonyl (C=O) groups is 2. The molecule has 1 fully saturated rings. The first-order valence-electron chi connectivity index (χ1n) is 10.6. The van der Waals surface area contributed by atoms with Gasteiger partial charge in [0.15, 0.2) is 0 Å². The maximum Gasteiger partial charge on any atom is 0.374 e. The number of amides is 1. The van der Waals surface area contributed by atoms with Gasteiger partial charge < -0.3 is 19.7 Å². The predicted molar refractivity (Wildman–Crippen MR) is 121 cm³/mol. The molecule has 2 aromatic heterocycles. The van der Waals surface area contributed by atoms with Gasteiger partial charge in [-0.15, -0.1) is 0 Å². The molecule has 9 heteroatoms. The lowest BCUT2D eigenvalue weighted by atomic mass is 9.93. The zero-order valence-corrected chi connectivity index (χ0v) is 18.8. The van der Waals surface area contributed by atoms with E-state index in [0.29, 0.717) is 22.0 Å². The van der Waals surface area contributed by atoms with Crippen LogP contribution in [-0.2, 0) is 4.79 Å². The van der Waals surface area contributed by atoms with Crippen molar-refractivity contribution in [1.82, 2.24) is 14.9 Å². The van der Waals surface area contributed by atoms with Crippen LogP contribution in [0.15, 0.2) is 33.9 Å². The number of pyridine rings is 1. The number of hydrogen-bond donors (Lipinski definition) is 2.